The Hall–Kier alpha value is -3.20. The zero-order valence-electron chi connectivity index (χ0n) is 21.9. The van der Waals surface area contributed by atoms with Crippen LogP contribution in [0.2, 0.25) is 10.0 Å². The van der Waals surface area contributed by atoms with Gasteiger partial charge in [-0.2, -0.15) is 0 Å². The molecule has 4 atom stereocenters. The number of hydrogen-bond acceptors (Lipinski definition) is 4. The molecule has 0 radical (unpaired) electrons. The first-order chi connectivity index (χ1) is 18.3. The summed E-state index contributed by atoms with van der Waals surface area (Å²) in [5, 5.41) is 9.49. The highest BCUT2D eigenvalue weighted by molar-refractivity contribution is 6.31. The number of fused-ring (bicyclic) bond motifs is 2. The van der Waals surface area contributed by atoms with Crippen LogP contribution >= 0.6 is 23.2 Å². The van der Waals surface area contributed by atoms with E-state index in [2.05, 4.69) is 16.0 Å². The van der Waals surface area contributed by atoms with E-state index in [0.717, 1.165) is 0 Å². The predicted molar refractivity (Wildman–Crippen MR) is 151 cm³/mol. The molecule has 0 aliphatic carbocycles. The number of rotatable bonds is 4. The van der Waals surface area contributed by atoms with Gasteiger partial charge >= 0.3 is 0 Å². The molecule has 0 unspecified atom stereocenters. The van der Waals surface area contributed by atoms with Crippen LogP contribution in [0.1, 0.15) is 44.2 Å². The minimum Gasteiger partial charge on any atom is -0.325 e. The molecule has 2 aliphatic heterocycles. The van der Waals surface area contributed by atoms with Crippen LogP contribution in [0.5, 0.6) is 0 Å². The third-order valence-electron chi connectivity index (χ3n) is 7.59. The number of nitrogens with zero attached hydrogens (tertiary/aromatic N) is 1. The summed E-state index contributed by atoms with van der Waals surface area (Å²) < 4.78 is 17.2. The highest BCUT2D eigenvalue weighted by Crippen LogP contribution is 2.57. The summed E-state index contributed by atoms with van der Waals surface area (Å²) in [6.45, 7) is 6.13. The number of benzene rings is 2. The molecule has 2 aliphatic rings. The molecule has 3 N–H and O–H groups in total. The number of aryl methyl sites for hydroxylation is 1. The average Bonchev–Trinajstić information content (AvgIpc) is 3.32. The van der Waals surface area contributed by atoms with Crippen molar-refractivity contribution in [2.75, 3.05) is 10.6 Å². The Morgan fingerprint density at radius 1 is 1.13 bits per heavy atom. The van der Waals surface area contributed by atoms with Gasteiger partial charge in [-0.1, -0.05) is 62.2 Å². The van der Waals surface area contributed by atoms with E-state index in [1.807, 2.05) is 20.8 Å². The van der Waals surface area contributed by atoms with Crippen LogP contribution in [0, 0.1) is 11.2 Å². The highest BCUT2D eigenvalue weighted by Gasteiger charge is 2.66. The van der Waals surface area contributed by atoms with Crippen LogP contribution in [-0.2, 0) is 22.1 Å². The zero-order chi connectivity index (χ0) is 28.3. The molecular formula is C29H29Cl2FN4O3. The van der Waals surface area contributed by atoms with Gasteiger partial charge in [0, 0.05) is 47.7 Å². The normalized spacial score (nSPS) is 24.1. The van der Waals surface area contributed by atoms with Gasteiger partial charge in [0.15, 0.2) is 0 Å². The van der Waals surface area contributed by atoms with Gasteiger partial charge in [-0.15, -0.1) is 0 Å². The monoisotopic (exact) mass is 570 g/mol. The van der Waals surface area contributed by atoms with Crippen molar-refractivity contribution in [1.29, 1.82) is 0 Å². The predicted octanol–water partition coefficient (Wildman–Crippen LogP) is 5.22. The average molecular weight is 571 g/mol. The third kappa shape index (κ3) is 4.64. The molecule has 3 heterocycles. The summed E-state index contributed by atoms with van der Waals surface area (Å²) in [4.78, 5) is 40.2. The van der Waals surface area contributed by atoms with Gasteiger partial charge in [0.25, 0.3) is 5.56 Å². The van der Waals surface area contributed by atoms with Crippen molar-refractivity contribution in [2.45, 2.75) is 50.6 Å². The molecule has 1 aromatic heterocycles. The molecule has 10 heteroatoms. The fourth-order valence-corrected chi connectivity index (χ4v) is 6.35. The molecule has 1 saturated heterocycles. The molecule has 5 rings (SSSR count). The van der Waals surface area contributed by atoms with Gasteiger partial charge in [0.1, 0.15) is 11.2 Å². The fraction of sp³-hybridized carbons (Fsp3) is 0.345. The van der Waals surface area contributed by atoms with Crippen LogP contribution in [0.4, 0.5) is 15.8 Å². The van der Waals surface area contributed by atoms with Gasteiger partial charge < -0.3 is 20.5 Å². The fourth-order valence-electron chi connectivity index (χ4n) is 6.00. The van der Waals surface area contributed by atoms with E-state index in [9.17, 15) is 14.4 Å². The molecular weight excluding hydrogens is 542 g/mol. The van der Waals surface area contributed by atoms with E-state index in [0.29, 0.717) is 28.4 Å². The number of pyridine rings is 1. The first kappa shape index (κ1) is 27.4. The Morgan fingerprint density at radius 3 is 2.56 bits per heavy atom. The maximum absolute atomic E-state index is 15.8. The molecule has 1 fully saturated rings. The summed E-state index contributed by atoms with van der Waals surface area (Å²) in [5.41, 5.74) is -0.310. The molecule has 0 bridgehead atoms. The number of aromatic nitrogens is 1. The van der Waals surface area contributed by atoms with E-state index in [1.165, 1.54) is 16.7 Å². The third-order valence-corrected chi connectivity index (χ3v) is 8.12. The van der Waals surface area contributed by atoms with Gasteiger partial charge in [-0.05, 0) is 47.2 Å². The van der Waals surface area contributed by atoms with Crippen molar-refractivity contribution in [3.63, 3.8) is 0 Å². The maximum atomic E-state index is 15.8. The smallest absolute Gasteiger partial charge is 0.252 e. The quantitative estimate of drug-likeness (QED) is 0.401. The van der Waals surface area contributed by atoms with Crippen molar-refractivity contribution in [1.82, 2.24) is 9.88 Å². The Balaban J connectivity index is 1.73. The van der Waals surface area contributed by atoms with Crippen molar-refractivity contribution < 1.29 is 14.0 Å². The van der Waals surface area contributed by atoms with Crippen LogP contribution in [0.25, 0.3) is 0 Å². The van der Waals surface area contributed by atoms with Crippen LogP contribution in [0.3, 0.4) is 0 Å². The zero-order valence-corrected chi connectivity index (χ0v) is 23.5. The van der Waals surface area contributed by atoms with Gasteiger partial charge in [-0.3, -0.25) is 14.4 Å². The van der Waals surface area contributed by atoms with Crippen molar-refractivity contribution in [3.8, 4) is 0 Å². The van der Waals surface area contributed by atoms with Crippen LogP contribution in [0.15, 0.2) is 59.5 Å². The molecule has 2 amide bonds. The molecule has 204 valence electrons. The number of anilines is 2. The minimum atomic E-state index is -1.35. The summed E-state index contributed by atoms with van der Waals surface area (Å²) in [5.74, 6) is -2.52. The number of hydrogen-bond donors (Lipinski definition) is 3. The molecule has 1 spiro atoms. The first-order valence-corrected chi connectivity index (χ1v) is 13.4. The lowest BCUT2D eigenvalue weighted by Gasteiger charge is -2.37. The van der Waals surface area contributed by atoms with Crippen molar-refractivity contribution >= 4 is 46.4 Å². The molecule has 0 saturated carbocycles. The summed E-state index contributed by atoms with van der Waals surface area (Å²) in [7, 11) is 1.60. The number of halogens is 3. The van der Waals surface area contributed by atoms with Gasteiger partial charge in [-0.25, -0.2) is 4.39 Å². The largest absolute Gasteiger partial charge is 0.325 e. The van der Waals surface area contributed by atoms with Crippen LogP contribution < -0.4 is 21.5 Å². The number of nitrogens with one attached hydrogen (secondary N) is 3. The van der Waals surface area contributed by atoms with E-state index in [4.69, 9.17) is 23.2 Å². The van der Waals surface area contributed by atoms with E-state index in [1.54, 1.807) is 49.6 Å². The first-order valence-electron chi connectivity index (χ1n) is 12.6. The number of carbonyl (C=O) groups is 2. The molecule has 2 aromatic carbocycles. The minimum absolute atomic E-state index is 0.109. The highest BCUT2D eigenvalue weighted by atomic mass is 35.5. The second kappa shape index (κ2) is 9.77. The van der Waals surface area contributed by atoms with E-state index < -0.39 is 35.1 Å². The Bertz CT molecular complexity index is 1550. The lowest BCUT2D eigenvalue weighted by Crippen LogP contribution is -2.49. The van der Waals surface area contributed by atoms with E-state index >= 15 is 4.39 Å². The number of carbonyl (C=O) groups excluding carboxylic acids is 2. The SMILES string of the molecule is Cn1ccc(NC(=O)[C@@H]2N[C@@H](CC(C)(C)C)[C@@]3(C(=O)Nc4cc(Cl)ccc43)[C@H]2c2cccc(Cl)c2F)cc1=O. The summed E-state index contributed by atoms with van der Waals surface area (Å²) in [6, 6.07) is 11.0. The summed E-state index contributed by atoms with van der Waals surface area (Å²) in [6.07, 6.45) is 2.04. The van der Waals surface area contributed by atoms with E-state index in [-0.39, 0.29) is 27.5 Å². The standard InChI is InChI=1S/C29H29Cl2FN4O3/c1-28(2,3)14-21-29(18-9-8-15(30)12-20(18)34-27(29)39)23(17-6-5-7-19(31)24(17)32)25(35-21)26(38)33-16-10-11-36(4)22(37)13-16/h5-13,21,23,25,35H,14H2,1-4H3,(H,33,38)(H,34,39)/t21-,23-,25+,29+/m0/s1. The summed E-state index contributed by atoms with van der Waals surface area (Å²) >= 11 is 12.5. The van der Waals surface area contributed by atoms with Crippen molar-refractivity contribution in [3.05, 3.63) is 92.1 Å². The Morgan fingerprint density at radius 2 is 1.87 bits per heavy atom. The second-order valence-corrected chi connectivity index (χ2v) is 12.3. The van der Waals surface area contributed by atoms with Gasteiger partial charge in [0.05, 0.1) is 11.1 Å². The lowest BCUT2D eigenvalue weighted by molar-refractivity contribution is -0.122. The molecule has 3 aromatic rings. The maximum Gasteiger partial charge on any atom is 0.252 e. The van der Waals surface area contributed by atoms with Crippen molar-refractivity contribution in [2.24, 2.45) is 12.5 Å². The molecule has 7 nitrogen and oxygen atoms in total. The van der Waals surface area contributed by atoms with Gasteiger partial charge in [0.2, 0.25) is 11.8 Å². The Labute approximate surface area is 235 Å². The second-order valence-electron chi connectivity index (χ2n) is 11.4. The van der Waals surface area contributed by atoms with Crippen LogP contribution in [-0.4, -0.2) is 28.5 Å². The molecule has 39 heavy (non-hydrogen) atoms. The number of amides is 2. The topological polar surface area (TPSA) is 92.2 Å². The Kier molecular flexibility index (Phi) is 6.85. The lowest BCUT2D eigenvalue weighted by atomic mass is 9.62.